The van der Waals surface area contributed by atoms with E-state index >= 15 is 0 Å². The molecule has 0 aliphatic carbocycles. The van der Waals surface area contributed by atoms with Crippen LogP contribution >= 0.6 is 28.6 Å². The van der Waals surface area contributed by atoms with Gasteiger partial charge in [0.25, 0.3) is 0 Å². The Morgan fingerprint density at radius 3 is 2.92 bits per heavy atom. The Morgan fingerprint density at radius 1 is 1.62 bits per heavy atom. The van der Waals surface area contributed by atoms with Gasteiger partial charge in [0, 0.05) is 9.37 Å². The second kappa shape index (κ2) is 4.67. The SMILES string of the molecule is CCOC(=O)c1cc(S)ccc1Br. The number of thiol groups is 1. The maximum Gasteiger partial charge on any atom is 0.339 e. The predicted molar refractivity (Wildman–Crippen MR) is 57.4 cm³/mol. The Labute approximate surface area is 90.8 Å². The van der Waals surface area contributed by atoms with Crippen LogP contribution in [0.15, 0.2) is 27.6 Å². The van der Waals surface area contributed by atoms with Crippen LogP contribution in [-0.4, -0.2) is 12.6 Å². The lowest BCUT2D eigenvalue weighted by molar-refractivity contribution is 0.0525. The summed E-state index contributed by atoms with van der Waals surface area (Å²) in [6.07, 6.45) is 0. The maximum atomic E-state index is 11.3. The highest BCUT2D eigenvalue weighted by molar-refractivity contribution is 9.10. The van der Waals surface area contributed by atoms with Crippen molar-refractivity contribution in [2.24, 2.45) is 0 Å². The number of carbonyl (C=O) groups excluding carboxylic acids is 1. The normalized spacial score (nSPS) is 9.77. The van der Waals surface area contributed by atoms with Gasteiger partial charge in [0.15, 0.2) is 0 Å². The van der Waals surface area contributed by atoms with Crippen molar-refractivity contribution in [3.05, 3.63) is 28.2 Å². The van der Waals surface area contributed by atoms with E-state index in [1.54, 1.807) is 25.1 Å². The number of hydrogen-bond donors (Lipinski definition) is 1. The van der Waals surface area contributed by atoms with Gasteiger partial charge in [-0.25, -0.2) is 4.79 Å². The second-order valence-electron chi connectivity index (χ2n) is 2.38. The Bertz CT molecular complexity index is 325. The third-order valence-corrected chi connectivity index (χ3v) is 2.41. The molecule has 0 bridgehead atoms. The zero-order valence-corrected chi connectivity index (χ0v) is 9.56. The van der Waals surface area contributed by atoms with E-state index in [9.17, 15) is 4.79 Å². The minimum atomic E-state index is -0.328. The van der Waals surface area contributed by atoms with Crippen LogP contribution < -0.4 is 0 Å². The van der Waals surface area contributed by atoms with Crippen molar-refractivity contribution in [1.29, 1.82) is 0 Å². The molecule has 0 aliphatic heterocycles. The molecule has 0 N–H and O–H groups in total. The average Bonchev–Trinajstić information content (AvgIpc) is 2.09. The molecule has 1 aromatic carbocycles. The first-order valence-electron chi connectivity index (χ1n) is 3.80. The molecule has 0 saturated heterocycles. The van der Waals surface area contributed by atoms with Gasteiger partial charge in [-0.1, -0.05) is 0 Å². The summed E-state index contributed by atoms with van der Waals surface area (Å²) < 4.78 is 5.59. The smallest absolute Gasteiger partial charge is 0.339 e. The fraction of sp³-hybridized carbons (Fsp3) is 0.222. The highest BCUT2D eigenvalue weighted by Crippen LogP contribution is 2.20. The summed E-state index contributed by atoms with van der Waals surface area (Å²) in [4.78, 5) is 12.1. The summed E-state index contributed by atoms with van der Waals surface area (Å²) in [6, 6.07) is 5.25. The molecular weight excluding hydrogens is 252 g/mol. The number of ether oxygens (including phenoxy) is 1. The van der Waals surface area contributed by atoms with E-state index in [1.165, 1.54) is 0 Å². The quantitative estimate of drug-likeness (QED) is 0.654. The van der Waals surface area contributed by atoms with Crippen LogP contribution in [0.2, 0.25) is 0 Å². The number of hydrogen-bond acceptors (Lipinski definition) is 3. The first-order chi connectivity index (χ1) is 6.15. The standard InChI is InChI=1S/C9H9BrO2S/c1-2-12-9(11)7-5-6(13)3-4-8(7)10/h3-5,13H,2H2,1H3. The molecule has 1 aromatic rings. The van der Waals surface area contributed by atoms with Crippen LogP contribution in [-0.2, 0) is 4.74 Å². The van der Waals surface area contributed by atoms with Crippen molar-refractivity contribution >= 4 is 34.5 Å². The topological polar surface area (TPSA) is 26.3 Å². The first kappa shape index (κ1) is 10.6. The predicted octanol–water partition coefficient (Wildman–Crippen LogP) is 2.91. The molecular formula is C9H9BrO2S. The summed E-state index contributed by atoms with van der Waals surface area (Å²) in [5, 5.41) is 0. The van der Waals surface area contributed by atoms with E-state index in [0.717, 1.165) is 9.37 Å². The number of esters is 1. The molecule has 0 aromatic heterocycles. The molecule has 0 radical (unpaired) electrons. The Kier molecular flexibility index (Phi) is 3.81. The third-order valence-electron chi connectivity index (χ3n) is 1.45. The van der Waals surface area contributed by atoms with Crippen LogP contribution in [0.4, 0.5) is 0 Å². The first-order valence-corrected chi connectivity index (χ1v) is 5.04. The van der Waals surface area contributed by atoms with Crippen molar-refractivity contribution < 1.29 is 9.53 Å². The van der Waals surface area contributed by atoms with E-state index in [0.29, 0.717) is 12.2 Å². The zero-order chi connectivity index (χ0) is 9.84. The lowest BCUT2D eigenvalue weighted by Crippen LogP contribution is -2.05. The highest BCUT2D eigenvalue weighted by atomic mass is 79.9. The van der Waals surface area contributed by atoms with Gasteiger partial charge < -0.3 is 4.74 Å². The van der Waals surface area contributed by atoms with Crippen molar-refractivity contribution in [1.82, 2.24) is 0 Å². The lowest BCUT2D eigenvalue weighted by atomic mass is 10.2. The summed E-state index contributed by atoms with van der Waals surface area (Å²) >= 11 is 7.40. The summed E-state index contributed by atoms with van der Waals surface area (Å²) in [7, 11) is 0. The molecule has 13 heavy (non-hydrogen) atoms. The zero-order valence-electron chi connectivity index (χ0n) is 7.08. The van der Waals surface area contributed by atoms with Crippen LogP contribution in [0.3, 0.4) is 0 Å². The van der Waals surface area contributed by atoms with Gasteiger partial charge in [-0.15, -0.1) is 12.6 Å². The van der Waals surface area contributed by atoms with Gasteiger partial charge in [-0.2, -0.15) is 0 Å². The minimum Gasteiger partial charge on any atom is -0.462 e. The lowest BCUT2D eigenvalue weighted by Gasteiger charge is -2.04. The van der Waals surface area contributed by atoms with Crippen LogP contribution in [0.25, 0.3) is 0 Å². The average molecular weight is 261 g/mol. The second-order valence-corrected chi connectivity index (χ2v) is 3.76. The summed E-state index contributed by atoms with van der Waals surface area (Å²) in [6.45, 7) is 2.15. The largest absolute Gasteiger partial charge is 0.462 e. The fourth-order valence-corrected chi connectivity index (χ4v) is 1.49. The van der Waals surface area contributed by atoms with E-state index < -0.39 is 0 Å². The Hall–Kier alpha value is -0.480. The van der Waals surface area contributed by atoms with Gasteiger partial charge in [-0.3, -0.25) is 0 Å². The van der Waals surface area contributed by atoms with Crippen LogP contribution in [0.5, 0.6) is 0 Å². The third kappa shape index (κ3) is 2.74. The minimum absolute atomic E-state index is 0.328. The molecule has 0 spiro atoms. The molecule has 0 fully saturated rings. The number of halogens is 1. The molecule has 0 saturated carbocycles. The molecule has 0 heterocycles. The number of rotatable bonds is 2. The molecule has 0 unspecified atom stereocenters. The van der Waals surface area contributed by atoms with E-state index in [1.807, 2.05) is 0 Å². The number of carbonyl (C=O) groups is 1. The van der Waals surface area contributed by atoms with Crippen molar-refractivity contribution in [2.45, 2.75) is 11.8 Å². The molecule has 2 nitrogen and oxygen atoms in total. The maximum absolute atomic E-state index is 11.3. The van der Waals surface area contributed by atoms with Gasteiger partial charge in [0.2, 0.25) is 0 Å². The summed E-state index contributed by atoms with van der Waals surface area (Å²) in [5.41, 5.74) is 0.509. The van der Waals surface area contributed by atoms with Crippen LogP contribution in [0.1, 0.15) is 17.3 Å². The van der Waals surface area contributed by atoms with E-state index in [-0.39, 0.29) is 5.97 Å². The molecule has 4 heteroatoms. The molecule has 0 atom stereocenters. The molecule has 1 rings (SSSR count). The highest BCUT2D eigenvalue weighted by Gasteiger charge is 2.10. The van der Waals surface area contributed by atoms with Gasteiger partial charge in [-0.05, 0) is 41.1 Å². The van der Waals surface area contributed by atoms with Gasteiger partial charge >= 0.3 is 5.97 Å². The van der Waals surface area contributed by atoms with Crippen molar-refractivity contribution in [3.8, 4) is 0 Å². The molecule has 0 aliphatic rings. The van der Waals surface area contributed by atoms with Gasteiger partial charge in [0.1, 0.15) is 0 Å². The Morgan fingerprint density at radius 2 is 2.31 bits per heavy atom. The Balaban J connectivity index is 2.99. The monoisotopic (exact) mass is 260 g/mol. The number of benzene rings is 1. The fourth-order valence-electron chi connectivity index (χ4n) is 0.879. The van der Waals surface area contributed by atoms with Crippen molar-refractivity contribution in [2.75, 3.05) is 6.61 Å². The van der Waals surface area contributed by atoms with E-state index in [2.05, 4.69) is 28.6 Å². The van der Waals surface area contributed by atoms with Crippen molar-refractivity contribution in [3.63, 3.8) is 0 Å². The molecule has 0 amide bonds. The summed E-state index contributed by atoms with van der Waals surface area (Å²) in [5.74, 6) is -0.328. The van der Waals surface area contributed by atoms with E-state index in [4.69, 9.17) is 4.74 Å². The molecule has 70 valence electrons. The van der Waals surface area contributed by atoms with Crippen LogP contribution in [0, 0.1) is 0 Å². The van der Waals surface area contributed by atoms with Gasteiger partial charge in [0.05, 0.1) is 12.2 Å².